The van der Waals surface area contributed by atoms with Gasteiger partial charge in [-0.2, -0.15) is 0 Å². The summed E-state index contributed by atoms with van der Waals surface area (Å²) in [6.45, 7) is 0.210. The number of hydrogen-bond acceptors (Lipinski definition) is 4. The van der Waals surface area contributed by atoms with Gasteiger partial charge in [0, 0.05) is 18.6 Å². The van der Waals surface area contributed by atoms with Crippen molar-refractivity contribution in [3.8, 4) is 11.5 Å². The molecule has 0 N–H and O–H groups in total. The van der Waals surface area contributed by atoms with Crippen molar-refractivity contribution in [3.63, 3.8) is 0 Å². The minimum Gasteiger partial charge on any atom is -0.467 e. The van der Waals surface area contributed by atoms with Crippen LogP contribution in [-0.2, 0) is 9.53 Å². The molecule has 1 aromatic carbocycles. The highest BCUT2D eigenvalue weighted by Gasteiger charge is 2.51. The quantitative estimate of drug-likeness (QED) is 0.442. The van der Waals surface area contributed by atoms with Crippen LogP contribution in [0.1, 0.15) is 17.9 Å². The van der Waals surface area contributed by atoms with Gasteiger partial charge in [0.25, 0.3) is 0 Å². The Morgan fingerprint density at radius 3 is 3.12 bits per heavy atom. The number of carbonyl (C=O) groups is 1. The molecule has 0 bridgehead atoms. The van der Waals surface area contributed by atoms with E-state index >= 15 is 0 Å². The van der Waals surface area contributed by atoms with Gasteiger partial charge in [-0.25, -0.2) is 0 Å². The summed E-state index contributed by atoms with van der Waals surface area (Å²) in [5.41, 5.74) is 1.02. The normalized spacial score (nSPS) is 25.4. The fourth-order valence-electron chi connectivity index (χ4n) is 2.19. The summed E-state index contributed by atoms with van der Waals surface area (Å²) in [5, 5.41) is 0. The van der Waals surface area contributed by atoms with Crippen LogP contribution in [-0.4, -0.2) is 19.9 Å². The summed E-state index contributed by atoms with van der Waals surface area (Å²) in [4.78, 5) is 11.4. The monoisotopic (exact) mass is 220 g/mol. The summed E-state index contributed by atoms with van der Waals surface area (Å²) < 4.78 is 15.6. The molecule has 2 atom stereocenters. The largest absolute Gasteiger partial charge is 0.467 e. The summed E-state index contributed by atoms with van der Waals surface area (Å²) in [6.07, 6.45) is 0.874. The van der Waals surface area contributed by atoms with Gasteiger partial charge in [0.15, 0.2) is 6.79 Å². The molecule has 2 aliphatic rings. The van der Waals surface area contributed by atoms with Gasteiger partial charge in [0.2, 0.25) is 0 Å². The molecule has 0 amide bonds. The Kier molecular flexibility index (Phi) is 2.11. The molecule has 1 fully saturated rings. The van der Waals surface area contributed by atoms with Crippen molar-refractivity contribution in [2.24, 2.45) is 5.92 Å². The predicted molar refractivity (Wildman–Crippen MR) is 55.4 cm³/mol. The average Bonchev–Trinajstić information content (AvgIpc) is 3.06. The van der Waals surface area contributed by atoms with Crippen LogP contribution in [0.15, 0.2) is 18.2 Å². The number of esters is 1. The van der Waals surface area contributed by atoms with Crippen LogP contribution >= 0.6 is 0 Å². The van der Waals surface area contributed by atoms with Gasteiger partial charge in [0.05, 0.1) is 5.92 Å². The summed E-state index contributed by atoms with van der Waals surface area (Å²) in [7, 11) is 1.58. The lowest BCUT2D eigenvalue weighted by atomic mass is 10.0. The smallest absolute Gasteiger partial charge is 0.314 e. The highest BCUT2D eigenvalue weighted by molar-refractivity contribution is 5.83. The third-order valence-electron chi connectivity index (χ3n) is 3.03. The van der Waals surface area contributed by atoms with Gasteiger partial charge in [-0.05, 0) is 18.6 Å². The highest BCUT2D eigenvalue weighted by Crippen LogP contribution is 2.57. The van der Waals surface area contributed by atoms with Crippen LogP contribution < -0.4 is 9.47 Å². The number of rotatable bonds is 3. The van der Waals surface area contributed by atoms with Crippen LogP contribution in [0, 0.1) is 5.92 Å². The van der Waals surface area contributed by atoms with E-state index in [9.17, 15) is 4.79 Å². The number of hydrogen-bond donors (Lipinski definition) is 0. The van der Waals surface area contributed by atoms with Crippen molar-refractivity contribution < 1.29 is 19.0 Å². The lowest BCUT2D eigenvalue weighted by molar-refractivity contribution is -0.136. The molecule has 4 heteroatoms. The first-order valence-electron chi connectivity index (χ1n) is 5.27. The lowest BCUT2D eigenvalue weighted by Gasteiger charge is -2.18. The van der Waals surface area contributed by atoms with Gasteiger partial charge in [-0.3, -0.25) is 4.79 Å². The first kappa shape index (κ1) is 9.66. The van der Waals surface area contributed by atoms with Crippen molar-refractivity contribution >= 4 is 5.97 Å². The molecule has 0 aromatic heterocycles. The van der Waals surface area contributed by atoms with E-state index < -0.39 is 0 Å². The van der Waals surface area contributed by atoms with E-state index in [0.717, 1.165) is 17.7 Å². The molecule has 0 saturated heterocycles. The second-order valence-electron chi connectivity index (χ2n) is 4.09. The zero-order valence-electron chi connectivity index (χ0n) is 8.93. The first-order valence-corrected chi connectivity index (χ1v) is 5.27. The second-order valence-corrected chi connectivity index (χ2v) is 4.09. The zero-order valence-corrected chi connectivity index (χ0v) is 8.93. The van der Waals surface area contributed by atoms with E-state index in [4.69, 9.17) is 14.2 Å². The molecule has 84 valence electrons. The third-order valence-corrected chi connectivity index (χ3v) is 3.03. The Labute approximate surface area is 93.1 Å². The maximum atomic E-state index is 11.4. The van der Waals surface area contributed by atoms with Crippen LogP contribution in [0.2, 0.25) is 0 Å². The highest BCUT2D eigenvalue weighted by atomic mass is 16.7. The fourth-order valence-corrected chi connectivity index (χ4v) is 2.19. The SMILES string of the molecule is COCOc1cccc2c1C1CC1C(=O)O2. The number of fused-ring (bicyclic) bond motifs is 3. The average molecular weight is 220 g/mol. The Bertz CT molecular complexity index is 441. The standard InChI is InChI=1S/C12H12O4/c1-14-6-15-9-3-2-4-10-11(9)7-5-8(7)12(13)16-10/h2-4,7-8H,5-6H2,1H3. The number of methoxy groups -OCH3 is 1. The topological polar surface area (TPSA) is 44.8 Å². The van der Waals surface area contributed by atoms with E-state index in [1.165, 1.54) is 0 Å². The van der Waals surface area contributed by atoms with Crippen LogP contribution in [0.25, 0.3) is 0 Å². The molecule has 1 aliphatic heterocycles. The fraction of sp³-hybridized carbons (Fsp3) is 0.417. The minimum absolute atomic E-state index is 0.0415. The van der Waals surface area contributed by atoms with Crippen LogP contribution in [0.3, 0.4) is 0 Å². The van der Waals surface area contributed by atoms with E-state index in [0.29, 0.717) is 5.75 Å². The molecule has 3 rings (SSSR count). The number of ether oxygens (including phenoxy) is 3. The molecular weight excluding hydrogens is 208 g/mol. The molecule has 16 heavy (non-hydrogen) atoms. The Balaban J connectivity index is 1.96. The van der Waals surface area contributed by atoms with Gasteiger partial charge in [-0.1, -0.05) is 6.07 Å². The lowest BCUT2D eigenvalue weighted by Crippen LogP contribution is -2.17. The van der Waals surface area contributed by atoms with Gasteiger partial charge >= 0.3 is 5.97 Å². The molecule has 2 unspecified atom stereocenters. The van der Waals surface area contributed by atoms with Crippen molar-refractivity contribution in [2.45, 2.75) is 12.3 Å². The first-order chi connectivity index (χ1) is 7.81. The molecule has 1 heterocycles. The summed E-state index contributed by atoms with van der Waals surface area (Å²) in [6, 6.07) is 5.51. The molecule has 4 nitrogen and oxygen atoms in total. The van der Waals surface area contributed by atoms with E-state index in [1.54, 1.807) is 13.2 Å². The predicted octanol–water partition coefficient (Wildman–Crippen LogP) is 1.69. The third kappa shape index (κ3) is 1.38. The summed E-state index contributed by atoms with van der Waals surface area (Å²) >= 11 is 0. The molecular formula is C12H12O4. The van der Waals surface area contributed by atoms with Crippen LogP contribution in [0.4, 0.5) is 0 Å². The Hall–Kier alpha value is -1.55. The van der Waals surface area contributed by atoms with Gasteiger partial charge < -0.3 is 14.2 Å². The van der Waals surface area contributed by atoms with Gasteiger partial charge in [0.1, 0.15) is 11.5 Å². The maximum absolute atomic E-state index is 11.4. The van der Waals surface area contributed by atoms with E-state index in [1.807, 2.05) is 12.1 Å². The van der Waals surface area contributed by atoms with Crippen LogP contribution in [0.5, 0.6) is 11.5 Å². The van der Waals surface area contributed by atoms with E-state index in [2.05, 4.69) is 0 Å². The minimum atomic E-state index is -0.110. The summed E-state index contributed by atoms with van der Waals surface area (Å²) in [5.74, 6) is 1.61. The maximum Gasteiger partial charge on any atom is 0.314 e. The Morgan fingerprint density at radius 2 is 2.31 bits per heavy atom. The van der Waals surface area contributed by atoms with Crippen molar-refractivity contribution in [2.75, 3.05) is 13.9 Å². The molecule has 0 radical (unpaired) electrons. The molecule has 1 aromatic rings. The van der Waals surface area contributed by atoms with Crippen molar-refractivity contribution in [1.29, 1.82) is 0 Å². The van der Waals surface area contributed by atoms with Crippen molar-refractivity contribution in [3.05, 3.63) is 23.8 Å². The van der Waals surface area contributed by atoms with E-state index in [-0.39, 0.29) is 24.6 Å². The molecule has 1 saturated carbocycles. The Morgan fingerprint density at radius 1 is 1.44 bits per heavy atom. The zero-order chi connectivity index (χ0) is 11.1. The van der Waals surface area contributed by atoms with Gasteiger partial charge in [-0.15, -0.1) is 0 Å². The number of benzene rings is 1. The van der Waals surface area contributed by atoms with Crippen molar-refractivity contribution in [1.82, 2.24) is 0 Å². The number of carbonyl (C=O) groups excluding carboxylic acids is 1. The second kappa shape index (κ2) is 3.49. The molecule has 1 aliphatic carbocycles. The molecule has 0 spiro atoms.